The smallest absolute Gasteiger partial charge is 0.168 e. The van der Waals surface area contributed by atoms with Gasteiger partial charge in [-0.2, -0.15) is 0 Å². The van der Waals surface area contributed by atoms with Crippen molar-refractivity contribution in [3.05, 3.63) is 35.7 Å². The molecule has 2 aromatic rings. The van der Waals surface area contributed by atoms with Crippen LogP contribution < -0.4 is 5.73 Å². The molecule has 0 fully saturated rings. The minimum absolute atomic E-state index is 0.0867. The van der Waals surface area contributed by atoms with Gasteiger partial charge in [-0.3, -0.25) is 0 Å². The molecule has 0 saturated carbocycles. The molecule has 0 radical (unpaired) electrons. The normalized spacial score (nSPS) is 11.9. The zero-order valence-corrected chi connectivity index (χ0v) is 11.5. The van der Waals surface area contributed by atoms with Crippen molar-refractivity contribution in [1.29, 1.82) is 0 Å². The van der Waals surface area contributed by atoms with Crippen LogP contribution in [0, 0.1) is 18.6 Å². The van der Waals surface area contributed by atoms with Crippen molar-refractivity contribution in [2.75, 3.05) is 5.73 Å². The van der Waals surface area contributed by atoms with E-state index in [0.717, 1.165) is 6.07 Å². The molecule has 0 amide bonds. The second-order valence-electron chi connectivity index (χ2n) is 5.50. The molecule has 0 aliphatic carbocycles. The first-order valence-electron chi connectivity index (χ1n) is 6.03. The molecule has 19 heavy (non-hydrogen) atoms. The monoisotopic (exact) mass is 265 g/mol. The van der Waals surface area contributed by atoms with Gasteiger partial charge in [0.2, 0.25) is 0 Å². The molecule has 1 heterocycles. The SMILES string of the molecule is Cc1nc(-c2cccc(F)c2F)c(N)n1C(C)(C)C. The molecule has 2 rings (SSSR count). The Kier molecular flexibility index (Phi) is 3.08. The molecule has 0 unspecified atom stereocenters. The molecule has 1 aromatic carbocycles. The highest BCUT2D eigenvalue weighted by atomic mass is 19.2. The second-order valence-corrected chi connectivity index (χ2v) is 5.50. The van der Waals surface area contributed by atoms with Crippen LogP contribution in [0.4, 0.5) is 14.6 Å². The molecule has 0 saturated heterocycles. The number of hydrogen-bond donors (Lipinski definition) is 1. The van der Waals surface area contributed by atoms with Gasteiger partial charge in [-0.25, -0.2) is 13.8 Å². The third-order valence-electron chi connectivity index (χ3n) is 2.96. The minimum atomic E-state index is -0.923. The number of aromatic nitrogens is 2. The summed E-state index contributed by atoms with van der Waals surface area (Å²) >= 11 is 0. The molecule has 0 bridgehead atoms. The Bertz CT molecular complexity index is 624. The van der Waals surface area contributed by atoms with Crippen molar-refractivity contribution >= 4 is 5.82 Å². The predicted molar refractivity (Wildman–Crippen MR) is 71.7 cm³/mol. The topological polar surface area (TPSA) is 43.8 Å². The zero-order chi connectivity index (χ0) is 14.4. The lowest BCUT2D eigenvalue weighted by Gasteiger charge is -2.24. The van der Waals surface area contributed by atoms with E-state index in [2.05, 4.69) is 4.98 Å². The number of nitrogen functional groups attached to an aromatic ring is 1. The first-order valence-corrected chi connectivity index (χ1v) is 6.03. The van der Waals surface area contributed by atoms with E-state index in [1.54, 1.807) is 6.92 Å². The Morgan fingerprint density at radius 1 is 1.21 bits per heavy atom. The Labute approximate surface area is 111 Å². The van der Waals surface area contributed by atoms with Crippen LogP contribution in [-0.2, 0) is 5.54 Å². The number of nitrogens with two attached hydrogens (primary N) is 1. The minimum Gasteiger partial charge on any atom is -0.383 e. The van der Waals surface area contributed by atoms with Gasteiger partial charge < -0.3 is 10.3 Å². The first-order chi connectivity index (χ1) is 8.73. The molecule has 0 aliphatic heterocycles. The fraction of sp³-hybridized carbons (Fsp3) is 0.357. The summed E-state index contributed by atoms with van der Waals surface area (Å²) in [7, 11) is 0. The van der Waals surface area contributed by atoms with E-state index >= 15 is 0 Å². The van der Waals surface area contributed by atoms with Crippen LogP contribution in [0.2, 0.25) is 0 Å². The van der Waals surface area contributed by atoms with Crippen LogP contribution in [0.1, 0.15) is 26.6 Å². The summed E-state index contributed by atoms with van der Waals surface area (Å²) in [6, 6.07) is 3.99. The average Bonchev–Trinajstić information content (AvgIpc) is 2.57. The number of aryl methyl sites for hydroxylation is 1. The standard InChI is InChI=1S/C14H17F2N3/c1-8-18-12(13(17)19(8)14(2,3)4)9-6-5-7-10(15)11(9)16/h5-7H,17H2,1-4H3. The summed E-state index contributed by atoms with van der Waals surface area (Å²) in [5, 5.41) is 0. The van der Waals surface area contributed by atoms with Gasteiger partial charge in [-0.15, -0.1) is 0 Å². The van der Waals surface area contributed by atoms with E-state index in [0.29, 0.717) is 11.6 Å². The number of halogens is 2. The largest absolute Gasteiger partial charge is 0.383 e. The maximum absolute atomic E-state index is 13.8. The summed E-state index contributed by atoms with van der Waals surface area (Å²) in [4.78, 5) is 4.28. The van der Waals surface area contributed by atoms with E-state index < -0.39 is 11.6 Å². The lowest BCUT2D eigenvalue weighted by atomic mass is 10.1. The summed E-state index contributed by atoms with van der Waals surface area (Å²) in [6.45, 7) is 7.72. The maximum Gasteiger partial charge on any atom is 0.168 e. The number of benzene rings is 1. The van der Waals surface area contributed by atoms with Gasteiger partial charge in [0.25, 0.3) is 0 Å². The summed E-state index contributed by atoms with van der Waals surface area (Å²) in [5.41, 5.74) is 6.15. The predicted octanol–water partition coefficient (Wildman–Crippen LogP) is 3.47. The molecular weight excluding hydrogens is 248 g/mol. The highest BCUT2D eigenvalue weighted by molar-refractivity contribution is 5.71. The Hall–Kier alpha value is -1.91. The molecule has 0 aliphatic rings. The quantitative estimate of drug-likeness (QED) is 0.858. The van der Waals surface area contributed by atoms with Crippen LogP contribution in [0.25, 0.3) is 11.3 Å². The molecule has 5 heteroatoms. The van der Waals surface area contributed by atoms with Crippen LogP contribution in [-0.4, -0.2) is 9.55 Å². The number of hydrogen-bond acceptors (Lipinski definition) is 2. The highest BCUT2D eigenvalue weighted by Crippen LogP contribution is 2.32. The van der Waals surface area contributed by atoms with Gasteiger partial charge in [0.05, 0.1) is 0 Å². The number of anilines is 1. The third kappa shape index (κ3) is 2.20. The van der Waals surface area contributed by atoms with Crippen LogP contribution in [0.3, 0.4) is 0 Å². The summed E-state index contributed by atoms with van der Waals surface area (Å²) in [6.07, 6.45) is 0. The molecule has 0 spiro atoms. The fourth-order valence-electron chi connectivity index (χ4n) is 2.28. The van der Waals surface area contributed by atoms with Crippen LogP contribution in [0.5, 0.6) is 0 Å². The maximum atomic E-state index is 13.8. The van der Waals surface area contributed by atoms with E-state index in [9.17, 15) is 8.78 Å². The Morgan fingerprint density at radius 2 is 1.84 bits per heavy atom. The third-order valence-corrected chi connectivity index (χ3v) is 2.96. The van der Waals surface area contributed by atoms with Crippen molar-refractivity contribution in [2.45, 2.75) is 33.2 Å². The Morgan fingerprint density at radius 3 is 2.37 bits per heavy atom. The first kappa shape index (κ1) is 13.5. The van der Waals surface area contributed by atoms with Gasteiger partial charge in [-0.1, -0.05) is 6.07 Å². The van der Waals surface area contributed by atoms with Gasteiger partial charge >= 0.3 is 0 Å². The number of imidazole rings is 1. The van der Waals surface area contributed by atoms with Crippen molar-refractivity contribution < 1.29 is 8.78 Å². The average molecular weight is 265 g/mol. The van der Waals surface area contributed by atoms with Gasteiger partial charge in [0, 0.05) is 11.1 Å². The molecule has 1 aromatic heterocycles. The van der Waals surface area contributed by atoms with Crippen molar-refractivity contribution in [3.8, 4) is 11.3 Å². The van der Waals surface area contributed by atoms with Crippen LogP contribution in [0.15, 0.2) is 18.2 Å². The fourth-order valence-corrected chi connectivity index (χ4v) is 2.28. The van der Waals surface area contributed by atoms with E-state index in [4.69, 9.17) is 5.73 Å². The lowest BCUT2D eigenvalue weighted by molar-refractivity contribution is 0.393. The zero-order valence-electron chi connectivity index (χ0n) is 11.5. The highest BCUT2D eigenvalue weighted by Gasteiger charge is 2.24. The molecule has 102 valence electrons. The van der Waals surface area contributed by atoms with Gasteiger partial charge in [-0.05, 0) is 39.8 Å². The molecule has 3 nitrogen and oxygen atoms in total. The molecule has 0 atom stereocenters. The number of rotatable bonds is 1. The van der Waals surface area contributed by atoms with E-state index in [-0.39, 0.29) is 16.8 Å². The van der Waals surface area contributed by atoms with Crippen molar-refractivity contribution in [1.82, 2.24) is 9.55 Å². The summed E-state index contributed by atoms with van der Waals surface area (Å²) < 4.78 is 28.9. The van der Waals surface area contributed by atoms with Gasteiger partial charge in [0.15, 0.2) is 11.6 Å². The van der Waals surface area contributed by atoms with E-state index in [1.165, 1.54) is 12.1 Å². The number of nitrogens with zero attached hydrogens (tertiary/aromatic N) is 2. The van der Waals surface area contributed by atoms with Crippen molar-refractivity contribution in [2.24, 2.45) is 0 Å². The van der Waals surface area contributed by atoms with E-state index in [1.807, 2.05) is 25.3 Å². The summed E-state index contributed by atoms with van der Waals surface area (Å²) in [5.74, 6) is -0.814. The van der Waals surface area contributed by atoms with Crippen LogP contribution >= 0.6 is 0 Å². The van der Waals surface area contributed by atoms with Crippen molar-refractivity contribution in [3.63, 3.8) is 0 Å². The molecular formula is C14H17F2N3. The molecule has 2 N–H and O–H groups in total. The second kappa shape index (κ2) is 4.33. The van der Waals surface area contributed by atoms with Gasteiger partial charge in [0.1, 0.15) is 17.3 Å². The lowest BCUT2D eigenvalue weighted by Crippen LogP contribution is -2.24. The Balaban J connectivity index is 2.69.